The number of carbonyl (C=O) groups excluding carboxylic acids is 3. The Bertz CT molecular complexity index is 1800. The molecule has 1 aliphatic heterocycles. The van der Waals surface area contributed by atoms with Crippen molar-refractivity contribution in [2.45, 2.75) is 250 Å². The molecular formula is C65H102O12. The molecule has 12 nitrogen and oxygen atoms in total. The summed E-state index contributed by atoms with van der Waals surface area (Å²) in [4.78, 5) is 51.1. The van der Waals surface area contributed by atoms with E-state index in [-0.39, 0.29) is 25.9 Å². The van der Waals surface area contributed by atoms with Gasteiger partial charge in [0.15, 0.2) is 24.6 Å². The van der Waals surface area contributed by atoms with E-state index in [2.05, 4.69) is 130 Å². The van der Waals surface area contributed by atoms with E-state index in [0.29, 0.717) is 25.7 Å². The number of hydrogen-bond acceptors (Lipinski definition) is 11. The highest BCUT2D eigenvalue weighted by molar-refractivity contribution is 5.74. The second-order valence-corrected chi connectivity index (χ2v) is 19.5. The molecule has 1 fully saturated rings. The number of esters is 3. The first-order valence-electron chi connectivity index (χ1n) is 29.5. The first-order valence-corrected chi connectivity index (χ1v) is 29.5. The minimum absolute atomic E-state index is 0.0259. The molecule has 3 N–H and O–H groups in total. The van der Waals surface area contributed by atoms with Crippen LogP contribution in [0, 0.1) is 0 Å². The van der Waals surface area contributed by atoms with Crippen LogP contribution in [0.3, 0.4) is 0 Å². The fraction of sp³-hybridized carbons (Fsp3) is 0.631. The number of ether oxygens (including phenoxy) is 5. The summed E-state index contributed by atoms with van der Waals surface area (Å²) in [6.45, 7) is 5.62. The highest BCUT2D eigenvalue weighted by Crippen LogP contribution is 2.26. The van der Waals surface area contributed by atoms with Gasteiger partial charge in [-0.2, -0.15) is 0 Å². The lowest BCUT2D eigenvalue weighted by Gasteiger charge is -2.40. The Balaban J connectivity index is 2.73. The predicted molar refractivity (Wildman–Crippen MR) is 312 cm³/mol. The van der Waals surface area contributed by atoms with E-state index in [1.807, 2.05) is 12.2 Å². The SMILES string of the molecule is CC/C=C\C/C=C\C/C=C\C/C=C\CCCCC(=O)OCC(COC1OC(C(=O)O)C(O)C(O)C1OC(=O)CCCCCCCCCCC/C=C\C/C=C\CCCCC)OC(=O)CC/C=C\C/C=C\C/C=C\C/C=C\CC. The molecule has 6 unspecified atom stereocenters. The standard InChI is InChI=1S/C65H102O12/c1-4-7-10-13-16-19-22-25-27-28-29-30-32-35-38-41-44-47-50-53-59(68)76-63-61(70)60(69)62(64(71)72)77-65(63)74-55-56(75-58(67)52-49-46-43-40-37-33-24-21-18-15-12-9-6-3)54-73-57(66)51-48-45-42-39-36-34-31-26-23-20-17-14-11-8-5-2/h8-9,11-12,16-21,25-27,31,33,36-37,39,43,46,56,60-63,65,69-70H,4-7,10,13-15,22-24,28-30,32,34-35,38,40-42,44-45,47-55H2,1-3H3,(H,71,72)/b11-8-,12-9-,19-16-,20-17-,21-18-,27-25-,31-26-,37-33-,39-36-,46-43-. The highest BCUT2D eigenvalue weighted by atomic mass is 16.7. The minimum atomic E-state index is -1.93. The molecule has 77 heavy (non-hydrogen) atoms. The number of aliphatic hydroxyl groups excluding tert-OH is 2. The highest BCUT2D eigenvalue weighted by Gasteiger charge is 2.50. The van der Waals surface area contributed by atoms with E-state index in [1.54, 1.807) is 0 Å². The van der Waals surface area contributed by atoms with Gasteiger partial charge in [0, 0.05) is 19.3 Å². The zero-order valence-electron chi connectivity index (χ0n) is 47.7. The van der Waals surface area contributed by atoms with E-state index in [9.17, 15) is 34.5 Å². The lowest BCUT2D eigenvalue weighted by molar-refractivity contribution is -0.301. The predicted octanol–water partition coefficient (Wildman–Crippen LogP) is 15.2. The van der Waals surface area contributed by atoms with Crippen molar-refractivity contribution in [3.05, 3.63) is 122 Å². The molecule has 1 rings (SSSR count). The van der Waals surface area contributed by atoms with Crippen LogP contribution >= 0.6 is 0 Å². The van der Waals surface area contributed by atoms with Crippen molar-refractivity contribution in [2.75, 3.05) is 13.2 Å². The Kier molecular flexibility index (Phi) is 47.2. The third-order valence-electron chi connectivity index (χ3n) is 12.5. The summed E-state index contributed by atoms with van der Waals surface area (Å²) in [5, 5.41) is 31.5. The molecule has 12 heteroatoms. The molecular weight excluding hydrogens is 973 g/mol. The molecule has 0 bridgehead atoms. The maximum atomic E-state index is 13.1. The quantitative estimate of drug-likeness (QED) is 0.0228. The number of rotatable bonds is 48. The molecule has 0 spiro atoms. The van der Waals surface area contributed by atoms with Gasteiger partial charge < -0.3 is 39.0 Å². The van der Waals surface area contributed by atoms with Crippen molar-refractivity contribution in [3.8, 4) is 0 Å². The van der Waals surface area contributed by atoms with Gasteiger partial charge in [-0.1, -0.05) is 200 Å². The Labute approximate surface area is 465 Å². The Morgan fingerprint density at radius 2 is 0.844 bits per heavy atom. The van der Waals surface area contributed by atoms with Gasteiger partial charge in [-0.15, -0.1) is 0 Å². The molecule has 434 valence electrons. The summed E-state index contributed by atoms with van der Waals surface area (Å²) in [7, 11) is 0. The number of carbonyl (C=O) groups is 4. The first kappa shape index (κ1) is 70.1. The third kappa shape index (κ3) is 41.8. The second-order valence-electron chi connectivity index (χ2n) is 19.5. The Morgan fingerprint density at radius 1 is 0.442 bits per heavy atom. The smallest absolute Gasteiger partial charge is 0.335 e. The van der Waals surface area contributed by atoms with E-state index in [1.165, 1.54) is 51.4 Å². The maximum Gasteiger partial charge on any atom is 0.335 e. The molecule has 0 aromatic heterocycles. The van der Waals surface area contributed by atoms with Crippen LogP contribution in [0.15, 0.2) is 122 Å². The van der Waals surface area contributed by atoms with Crippen LogP contribution in [-0.2, 0) is 42.9 Å². The number of hydrogen-bond donors (Lipinski definition) is 3. The van der Waals surface area contributed by atoms with Gasteiger partial charge in [0.05, 0.1) is 6.61 Å². The topological polar surface area (TPSA) is 175 Å². The van der Waals surface area contributed by atoms with Gasteiger partial charge >= 0.3 is 23.9 Å². The van der Waals surface area contributed by atoms with Crippen LogP contribution in [-0.4, -0.2) is 89.2 Å². The number of allylic oxidation sites excluding steroid dienone is 20. The maximum absolute atomic E-state index is 13.1. The molecule has 0 amide bonds. The molecule has 1 aliphatic rings. The van der Waals surface area contributed by atoms with E-state index >= 15 is 0 Å². The zero-order valence-corrected chi connectivity index (χ0v) is 47.7. The Morgan fingerprint density at radius 3 is 1.32 bits per heavy atom. The van der Waals surface area contributed by atoms with Gasteiger partial charge in [0.1, 0.15) is 18.8 Å². The summed E-state index contributed by atoms with van der Waals surface area (Å²) >= 11 is 0. The van der Waals surface area contributed by atoms with Crippen LogP contribution in [0.25, 0.3) is 0 Å². The van der Waals surface area contributed by atoms with Crippen LogP contribution < -0.4 is 0 Å². The fourth-order valence-corrected chi connectivity index (χ4v) is 8.05. The van der Waals surface area contributed by atoms with Crippen molar-refractivity contribution < 1.29 is 58.2 Å². The largest absolute Gasteiger partial charge is 0.479 e. The van der Waals surface area contributed by atoms with Crippen molar-refractivity contribution in [1.82, 2.24) is 0 Å². The van der Waals surface area contributed by atoms with Gasteiger partial charge in [0.25, 0.3) is 0 Å². The van der Waals surface area contributed by atoms with Gasteiger partial charge in [-0.05, 0) is 116 Å². The van der Waals surface area contributed by atoms with E-state index < -0.39 is 67.3 Å². The number of aliphatic carboxylic acids is 1. The molecule has 0 aromatic rings. The molecule has 0 radical (unpaired) electrons. The van der Waals surface area contributed by atoms with Crippen LogP contribution in [0.2, 0.25) is 0 Å². The summed E-state index contributed by atoms with van der Waals surface area (Å²) in [5.74, 6) is -3.31. The van der Waals surface area contributed by atoms with Crippen LogP contribution in [0.5, 0.6) is 0 Å². The van der Waals surface area contributed by atoms with E-state index in [4.69, 9.17) is 23.7 Å². The molecule has 0 aromatic carbocycles. The van der Waals surface area contributed by atoms with Crippen LogP contribution in [0.4, 0.5) is 0 Å². The normalized spacial score (nSPS) is 18.9. The zero-order chi connectivity index (χ0) is 56.1. The molecule has 1 saturated heterocycles. The van der Waals surface area contributed by atoms with Gasteiger partial charge in [0.2, 0.25) is 0 Å². The van der Waals surface area contributed by atoms with Crippen LogP contribution in [0.1, 0.15) is 213 Å². The lowest BCUT2D eigenvalue weighted by atomic mass is 9.98. The van der Waals surface area contributed by atoms with Gasteiger partial charge in [-0.25, -0.2) is 4.79 Å². The number of carboxylic acids is 1. The number of unbranched alkanes of at least 4 members (excludes halogenated alkanes) is 14. The fourth-order valence-electron chi connectivity index (χ4n) is 8.05. The Hall–Kier alpha value is -4.88. The lowest BCUT2D eigenvalue weighted by Crippen LogP contribution is -2.61. The molecule has 6 atom stereocenters. The second kappa shape index (κ2) is 51.9. The third-order valence-corrected chi connectivity index (χ3v) is 12.5. The van der Waals surface area contributed by atoms with Gasteiger partial charge in [-0.3, -0.25) is 14.4 Å². The summed E-state index contributed by atoms with van der Waals surface area (Å²) in [6.07, 6.45) is 59.0. The van der Waals surface area contributed by atoms with Crippen molar-refractivity contribution in [1.29, 1.82) is 0 Å². The number of carboxylic acid groups (broad SMARTS) is 1. The average molecular weight is 1080 g/mol. The average Bonchev–Trinajstić information content (AvgIpc) is 3.42. The molecule has 1 heterocycles. The number of aliphatic hydroxyl groups is 2. The molecule has 0 aliphatic carbocycles. The first-order chi connectivity index (χ1) is 37.6. The summed E-state index contributed by atoms with van der Waals surface area (Å²) < 4.78 is 28.3. The van der Waals surface area contributed by atoms with Crippen molar-refractivity contribution >= 4 is 23.9 Å². The minimum Gasteiger partial charge on any atom is -0.479 e. The summed E-state index contributed by atoms with van der Waals surface area (Å²) in [5.41, 5.74) is 0. The van der Waals surface area contributed by atoms with Crippen molar-refractivity contribution in [2.24, 2.45) is 0 Å². The summed E-state index contributed by atoms with van der Waals surface area (Å²) in [6, 6.07) is 0. The van der Waals surface area contributed by atoms with E-state index in [0.717, 1.165) is 96.3 Å². The molecule has 0 saturated carbocycles. The monoisotopic (exact) mass is 1070 g/mol. The van der Waals surface area contributed by atoms with Crippen molar-refractivity contribution in [3.63, 3.8) is 0 Å².